The Balaban J connectivity index is 2.55. The number of rotatable bonds is 0. The molecule has 1 aromatic heterocycles. The minimum Gasteiger partial charge on any atom is -0.420 e. The van der Waals surface area contributed by atoms with Crippen molar-refractivity contribution in [3.63, 3.8) is 0 Å². The van der Waals surface area contributed by atoms with Gasteiger partial charge in [-0.15, -0.1) is 0 Å². The minimum absolute atomic E-state index is 0.0181. The number of carbonyl (C=O) groups is 2. The zero-order valence-electron chi connectivity index (χ0n) is 7.90. The highest BCUT2D eigenvalue weighted by Gasteiger charge is 2.23. The Morgan fingerprint density at radius 1 is 1.40 bits per heavy atom. The van der Waals surface area contributed by atoms with Crippen LogP contribution in [0.4, 0.5) is 11.8 Å². The molecule has 1 amide bonds. The van der Waals surface area contributed by atoms with Crippen LogP contribution >= 0.6 is 0 Å². The topological polar surface area (TPSA) is 107 Å². The number of ether oxygens (including phenoxy) is 1. The Labute approximate surface area is 84.7 Å². The Hall–Kier alpha value is -2.18. The molecule has 0 unspecified atom stereocenters. The molecule has 7 heteroatoms. The first-order chi connectivity index (χ1) is 7.06. The first kappa shape index (κ1) is 9.38. The van der Waals surface area contributed by atoms with Crippen LogP contribution in [0.5, 0.6) is 5.75 Å². The molecule has 0 atom stereocenters. The molecule has 3 N–H and O–H groups in total. The van der Waals surface area contributed by atoms with Crippen LogP contribution in [-0.4, -0.2) is 21.8 Å². The molecule has 1 aromatic rings. The van der Waals surface area contributed by atoms with Crippen LogP contribution in [0, 0.1) is 6.92 Å². The van der Waals surface area contributed by atoms with Gasteiger partial charge in [-0.1, -0.05) is 0 Å². The lowest BCUT2D eigenvalue weighted by atomic mass is 10.4. The molecule has 0 aliphatic carbocycles. The second-order valence-electron chi connectivity index (χ2n) is 3.04. The number of nitrogens with one attached hydrogen (secondary N) is 1. The molecule has 0 aromatic carbocycles. The van der Waals surface area contributed by atoms with Crippen molar-refractivity contribution in [2.24, 2.45) is 0 Å². The minimum atomic E-state index is -0.636. The van der Waals surface area contributed by atoms with Gasteiger partial charge in [-0.05, 0) is 6.92 Å². The number of amides is 1. The lowest BCUT2D eigenvalue weighted by molar-refractivity contribution is -0.136. The molecule has 0 bridgehead atoms. The zero-order valence-corrected chi connectivity index (χ0v) is 7.90. The Morgan fingerprint density at radius 3 is 2.87 bits per heavy atom. The summed E-state index contributed by atoms with van der Waals surface area (Å²) in [7, 11) is 0. The van der Waals surface area contributed by atoms with Crippen molar-refractivity contribution in [3.05, 3.63) is 5.69 Å². The number of carbonyl (C=O) groups excluding carboxylic acids is 2. The summed E-state index contributed by atoms with van der Waals surface area (Å²) in [5, 5.41) is 2.42. The van der Waals surface area contributed by atoms with Crippen LogP contribution < -0.4 is 15.8 Å². The number of nitrogens with two attached hydrogens (primary N) is 1. The van der Waals surface area contributed by atoms with E-state index in [0.717, 1.165) is 0 Å². The number of hydrogen-bond acceptors (Lipinski definition) is 6. The van der Waals surface area contributed by atoms with E-state index in [1.54, 1.807) is 6.92 Å². The molecule has 0 saturated heterocycles. The summed E-state index contributed by atoms with van der Waals surface area (Å²) in [5.74, 6) is -0.806. The largest absolute Gasteiger partial charge is 0.420 e. The van der Waals surface area contributed by atoms with Crippen LogP contribution in [0.1, 0.15) is 12.1 Å². The fourth-order valence-electron chi connectivity index (χ4n) is 1.25. The predicted octanol–water partition coefficient (Wildman–Crippen LogP) is -0.385. The van der Waals surface area contributed by atoms with Crippen molar-refractivity contribution in [2.45, 2.75) is 13.3 Å². The zero-order chi connectivity index (χ0) is 11.0. The number of fused-ring (bicyclic) bond motifs is 1. The second kappa shape index (κ2) is 3.19. The molecular formula is C8H8N4O3. The van der Waals surface area contributed by atoms with E-state index in [1.165, 1.54) is 0 Å². The quantitative estimate of drug-likeness (QED) is 0.444. The summed E-state index contributed by atoms with van der Waals surface area (Å²) in [4.78, 5) is 29.9. The monoisotopic (exact) mass is 208 g/mol. The standard InChI is InChI=1S/C8H8N4O3/c1-3-6-7(12-8(9)10-3)11-4(13)2-5(14)15-6/h2H2,1H3,(H3,9,10,11,12,13). The van der Waals surface area contributed by atoms with Crippen LogP contribution in [0.25, 0.3) is 0 Å². The highest BCUT2D eigenvalue weighted by molar-refractivity contribution is 6.04. The van der Waals surface area contributed by atoms with E-state index in [4.69, 9.17) is 10.5 Å². The first-order valence-electron chi connectivity index (χ1n) is 4.21. The molecular weight excluding hydrogens is 200 g/mol. The molecule has 2 heterocycles. The van der Waals surface area contributed by atoms with Gasteiger partial charge in [0.1, 0.15) is 6.42 Å². The van der Waals surface area contributed by atoms with Crippen LogP contribution in [-0.2, 0) is 9.59 Å². The maximum absolute atomic E-state index is 11.2. The van der Waals surface area contributed by atoms with Gasteiger partial charge < -0.3 is 15.8 Å². The van der Waals surface area contributed by atoms with Crippen molar-refractivity contribution in [2.75, 3.05) is 11.1 Å². The summed E-state index contributed by atoms with van der Waals surface area (Å²) < 4.78 is 4.91. The summed E-state index contributed by atoms with van der Waals surface area (Å²) in [6, 6.07) is 0. The van der Waals surface area contributed by atoms with Gasteiger partial charge in [0.05, 0.1) is 5.69 Å². The van der Waals surface area contributed by atoms with Crippen molar-refractivity contribution < 1.29 is 14.3 Å². The van der Waals surface area contributed by atoms with Crippen molar-refractivity contribution >= 4 is 23.6 Å². The van der Waals surface area contributed by atoms with Crippen molar-refractivity contribution in [1.29, 1.82) is 0 Å². The summed E-state index contributed by atoms with van der Waals surface area (Å²) in [6.45, 7) is 1.61. The fourth-order valence-corrected chi connectivity index (χ4v) is 1.25. The molecule has 2 rings (SSSR count). The van der Waals surface area contributed by atoms with Gasteiger partial charge in [0, 0.05) is 0 Å². The van der Waals surface area contributed by atoms with E-state index in [9.17, 15) is 9.59 Å². The van der Waals surface area contributed by atoms with Crippen LogP contribution in [0.2, 0.25) is 0 Å². The number of esters is 1. The van der Waals surface area contributed by atoms with Gasteiger partial charge in [-0.25, -0.2) is 4.98 Å². The van der Waals surface area contributed by atoms with Gasteiger partial charge >= 0.3 is 5.97 Å². The Morgan fingerprint density at radius 2 is 2.13 bits per heavy atom. The predicted molar refractivity (Wildman–Crippen MR) is 50.1 cm³/mol. The van der Waals surface area contributed by atoms with Crippen molar-refractivity contribution in [1.82, 2.24) is 9.97 Å². The molecule has 1 aliphatic heterocycles. The van der Waals surface area contributed by atoms with Gasteiger partial charge in [0.15, 0.2) is 11.6 Å². The molecule has 0 radical (unpaired) electrons. The number of aromatic nitrogens is 2. The molecule has 78 valence electrons. The van der Waals surface area contributed by atoms with E-state index in [-0.39, 0.29) is 23.9 Å². The third-order valence-corrected chi connectivity index (χ3v) is 1.83. The maximum Gasteiger partial charge on any atom is 0.320 e. The van der Waals surface area contributed by atoms with E-state index in [2.05, 4.69) is 15.3 Å². The third-order valence-electron chi connectivity index (χ3n) is 1.83. The second-order valence-corrected chi connectivity index (χ2v) is 3.04. The third kappa shape index (κ3) is 1.71. The van der Waals surface area contributed by atoms with Crippen LogP contribution in [0.3, 0.4) is 0 Å². The van der Waals surface area contributed by atoms with Gasteiger partial charge in [-0.3, -0.25) is 9.59 Å². The highest BCUT2D eigenvalue weighted by Crippen LogP contribution is 2.28. The van der Waals surface area contributed by atoms with E-state index < -0.39 is 11.9 Å². The summed E-state index contributed by atoms with van der Waals surface area (Å²) >= 11 is 0. The highest BCUT2D eigenvalue weighted by atomic mass is 16.5. The lowest BCUT2D eigenvalue weighted by Gasteiger charge is -2.07. The van der Waals surface area contributed by atoms with Crippen LogP contribution in [0.15, 0.2) is 0 Å². The lowest BCUT2D eigenvalue weighted by Crippen LogP contribution is -2.15. The number of hydrogen-bond donors (Lipinski definition) is 2. The summed E-state index contributed by atoms with van der Waals surface area (Å²) in [5.41, 5.74) is 5.81. The van der Waals surface area contributed by atoms with Gasteiger partial charge in [0.25, 0.3) is 0 Å². The molecule has 15 heavy (non-hydrogen) atoms. The van der Waals surface area contributed by atoms with E-state index >= 15 is 0 Å². The first-order valence-corrected chi connectivity index (χ1v) is 4.21. The fraction of sp³-hybridized carbons (Fsp3) is 0.250. The molecule has 0 fully saturated rings. The molecule has 0 saturated carbocycles. The number of nitrogens with zero attached hydrogens (tertiary/aromatic N) is 2. The smallest absolute Gasteiger partial charge is 0.320 e. The Kier molecular flexibility index (Phi) is 2.00. The number of aryl methyl sites for hydroxylation is 1. The van der Waals surface area contributed by atoms with Gasteiger partial charge in [0.2, 0.25) is 11.9 Å². The Bertz CT molecular complexity index is 457. The SMILES string of the molecule is Cc1nc(N)nc2c1OC(=O)CC(=O)N2. The average molecular weight is 208 g/mol. The average Bonchev–Trinajstić information content (AvgIpc) is 2.22. The molecule has 0 spiro atoms. The van der Waals surface area contributed by atoms with E-state index in [0.29, 0.717) is 5.69 Å². The maximum atomic E-state index is 11.2. The normalized spacial score (nSPS) is 15.0. The number of anilines is 2. The van der Waals surface area contributed by atoms with Gasteiger partial charge in [-0.2, -0.15) is 4.98 Å². The molecule has 1 aliphatic rings. The summed E-state index contributed by atoms with van der Waals surface area (Å²) in [6.07, 6.45) is -0.338. The van der Waals surface area contributed by atoms with Crippen molar-refractivity contribution in [3.8, 4) is 5.75 Å². The van der Waals surface area contributed by atoms with E-state index in [1.807, 2.05) is 0 Å². The number of nitrogen functional groups attached to an aromatic ring is 1. The molecule has 7 nitrogen and oxygen atoms in total.